The first-order valence-electron chi connectivity index (χ1n) is 8.42. The zero-order chi connectivity index (χ0) is 20.0. The second kappa shape index (κ2) is 9.10. The molecule has 1 N–H and O–H groups in total. The predicted octanol–water partition coefficient (Wildman–Crippen LogP) is 3.21. The van der Waals surface area contributed by atoms with Crippen molar-refractivity contribution in [1.82, 2.24) is 5.32 Å². The largest absolute Gasteiger partial charge is 0.496 e. The van der Waals surface area contributed by atoms with Crippen LogP contribution in [0.5, 0.6) is 5.75 Å². The fraction of sp³-hybridized carbons (Fsp3) is 0.316. The molecule has 6 nitrogen and oxygen atoms in total. The Balaban J connectivity index is 2.27. The Hall–Kier alpha value is -2.25. The first-order chi connectivity index (χ1) is 12.8. The Bertz CT molecular complexity index is 902. The Kier molecular flexibility index (Phi) is 7.10. The van der Waals surface area contributed by atoms with Crippen molar-refractivity contribution >= 4 is 33.2 Å². The summed E-state index contributed by atoms with van der Waals surface area (Å²) in [5.41, 5.74) is 1.15. The number of anilines is 1. The van der Waals surface area contributed by atoms with Crippen LogP contribution in [0.3, 0.4) is 0 Å². The summed E-state index contributed by atoms with van der Waals surface area (Å²) in [6.07, 6.45) is 1.38. The van der Waals surface area contributed by atoms with E-state index in [0.29, 0.717) is 22.9 Å². The quantitative estimate of drug-likeness (QED) is 0.725. The Labute approximate surface area is 165 Å². The second-order valence-electron chi connectivity index (χ2n) is 5.99. The summed E-state index contributed by atoms with van der Waals surface area (Å²) in [4.78, 5) is 12.8. The van der Waals surface area contributed by atoms with Crippen LogP contribution < -0.4 is 14.4 Å². The second-order valence-corrected chi connectivity index (χ2v) is 8.29. The number of halogens is 1. The maximum absolute atomic E-state index is 12.8. The van der Waals surface area contributed by atoms with E-state index in [9.17, 15) is 13.2 Å². The molecule has 0 saturated heterocycles. The number of carbonyl (C=O) groups is 1. The molecule has 0 aliphatic rings. The number of nitrogens with zero attached hydrogens (tertiary/aromatic N) is 1. The number of methoxy groups -OCH3 is 1. The zero-order valence-corrected chi connectivity index (χ0v) is 17.0. The molecule has 0 bridgehead atoms. The van der Waals surface area contributed by atoms with Crippen LogP contribution in [-0.2, 0) is 21.4 Å². The maximum atomic E-state index is 12.8. The molecule has 0 aromatic heterocycles. The molecule has 0 fully saturated rings. The van der Waals surface area contributed by atoms with Crippen LogP contribution in [0.4, 0.5) is 5.69 Å². The van der Waals surface area contributed by atoms with Crippen molar-refractivity contribution in [3.05, 3.63) is 59.1 Å². The Morgan fingerprint density at radius 1 is 1.22 bits per heavy atom. The first kappa shape index (κ1) is 21.1. The fourth-order valence-electron chi connectivity index (χ4n) is 2.82. The predicted molar refractivity (Wildman–Crippen MR) is 108 cm³/mol. The van der Waals surface area contributed by atoms with Gasteiger partial charge in [0.1, 0.15) is 11.8 Å². The van der Waals surface area contributed by atoms with Crippen LogP contribution in [0.2, 0.25) is 5.02 Å². The molecular formula is C19H23ClN2O4S. The highest BCUT2D eigenvalue weighted by Crippen LogP contribution is 2.25. The fourth-order valence-corrected chi connectivity index (χ4v) is 4.21. The van der Waals surface area contributed by atoms with Gasteiger partial charge in [-0.15, -0.1) is 0 Å². The summed E-state index contributed by atoms with van der Waals surface area (Å²) < 4.78 is 31.2. The molecule has 2 aromatic rings. The molecule has 0 saturated carbocycles. The number of sulfonamides is 1. The van der Waals surface area contributed by atoms with E-state index in [4.69, 9.17) is 16.3 Å². The third-order valence-electron chi connectivity index (χ3n) is 4.04. The summed E-state index contributed by atoms with van der Waals surface area (Å²) in [7, 11) is -2.14. The van der Waals surface area contributed by atoms with Gasteiger partial charge in [0.2, 0.25) is 15.9 Å². The minimum atomic E-state index is -3.70. The Morgan fingerprint density at radius 2 is 1.93 bits per heavy atom. The minimum Gasteiger partial charge on any atom is -0.496 e. The number of hydrogen-bond donors (Lipinski definition) is 1. The van der Waals surface area contributed by atoms with Gasteiger partial charge in [-0.3, -0.25) is 9.10 Å². The lowest BCUT2D eigenvalue weighted by Crippen LogP contribution is -2.49. The van der Waals surface area contributed by atoms with Crippen molar-refractivity contribution in [1.29, 1.82) is 0 Å². The third-order valence-corrected chi connectivity index (χ3v) is 5.45. The molecule has 0 spiro atoms. The number of benzene rings is 2. The van der Waals surface area contributed by atoms with Gasteiger partial charge < -0.3 is 10.1 Å². The van der Waals surface area contributed by atoms with Gasteiger partial charge in [0.15, 0.2) is 0 Å². The summed E-state index contributed by atoms with van der Waals surface area (Å²) in [6.45, 7) is 1.99. The van der Waals surface area contributed by atoms with Gasteiger partial charge in [-0.1, -0.05) is 42.8 Å². The van der Waals surface area contributed by atoms with Gasteiger partial charge in [0.05, 0.1) is 19.1 Å². The Morgan fingerprint density at radius 3 is 2.52 bits per heavy atom. The molecule has 2 aromatic carbocycles. The molecular weight excluding hydrogens is 388 g/mol. The zero-order valence-electron chi connectivity index (χ0n) is 15.5. The average molecular weight is 411 g/mol. The number of para-hydroxylation sites is 1. The van der Waals surface area contributed by atoms with E-state index in [2.05, 4.69) is 5.32 Å². The van der Waals surface area contributed by atoms with Gasteiger partial charge in [0, 0.05) is 17.1 Å². The molecule has 146 valence electrons. The summed E-state index contributed by atoms with van der Waals surface area (Å²) in [5.74, 6) is 0.259. The van der Waals surface area contributed by atoms with Crippen molar-refractivity contribution in [2.45, 2.75) is 25.9 Å². The maximum Gasteiger partial charge on any atom is 0.244 e. The number of amides is 1. The van der Waals surface area contributed by atoms with Crippen molar-refractivity contribution in [3.8, 4) is 5.75 Å². The molecule has 2 rings (SSSR count). The molecule has 0 aliphatic carbocycles. The van der Waals surface area contributed by atoms with E-state index in [1.807, 2.05) is 18.2 Å². The smallest absolute Gasteiger partial charge is 0.244 e. The lowest BCUT2D eigenvalue weighted by molar-refractivity contribution is -0.122. The summed E-state index contributed by atoms with van der Waals surface area (Å²) in [6, 6.07) is 12.9. The van der Waals surface area contributed by atoms with Crippen LogP contribution >= 0.6 is 11.6 Å². The molecule has 0 heterocycles. The highest BCUT2D eigenvalue weighted by Gasteiger charge is 2.31. The van der Waals surface area contributed by atoms with Gasteiger partial charge in [0.25, 0.3) is 0 Å². The first-order valence-corrected chi connectivity index (χ1v) is 10.6. The van der Waals surface area contributed by atoms with E-state index in [1.165, 1.54) is 6.07 Å². The number of rotatable bonds is 8. The number of ether oxygens (including phenoxy) is 1. The topological polar surface area (TPSA) is 75.7 Å². The van der Waals surface area contributed by atoms with E-state index in [-0.39, 0.29) is 6.54 Å². The molecule has 1 atom stereocenters. The average Bonchev–Trinajstić information content (AvgIpc) is 2.63. The van der Waals surface area contributed by atoms with E-state index in [0.717, 1.165) is 16.1 Å². The number of carbonyl (C=O) groups excluding carboxylic acids is 1. The lowest BCUT2D eigenvalue weighted by Gasteiger charge is -2.30. The van der Waals surface area contributed by atoms with Crippen LogP contribution in [0, 0.1) is 0 Å². The molecule has 0 unspecified atom stereocenters. The lowest BCUT2D eigenvalue weighted by atomic mass is 10.1. The molecule has 27 heavy (non-hydrogen) atoms. The molecule has 8 heteroatoms. The molecule has 1 amide bonds. The van der Waals surface area contributed by atoms with Crippen molar-refractivity contribution in [2.24, 2.45) is 0 Å². The highest BCUT2D eigenvalue weighted by molar-refractivity contribution is 7.92. The van der Waals surface area contributed by atoms with E-state index >= 15 is 0 Å². The highest BCUT2D eigenvalue weighted by atomic mass is 35.5. The standard InChI is InChI=1S/C19H23ClN2O4S/c1-4-17(19(23)21-13-14-8-5-6-11-18(14)26-2)22(27(3,24)25)16-10-7-9-15(20)12-16/h5-12,17H,4,13H2,1-3H3,(H,21,23)/t17-/m1/s1. The van der Waals surface area contributed by atoms with Crippen LogP contribution in [0.25, 0.3) is 0 Å². The van der Waals surface area contributed by atoms with E-state index in [1.54, 1.807) is 38.3 Å². The van der Waals surface area contributed by atoms with Crippen molar-refractivity contribution in [2.75, 3.05) is 17.7 Å². The van der Waals surface area contributed by atoms with Crippen molar-refractivity contribution < 1.29 is 17.9 Å². The van der Waals surface area contributed by atoms with Gasteiger partial charge in [-0.05, 0) is 30.7 Å². The molecule has 0 radical (unpaired) electrons. The van der Waals surface area contributed by atoms with Crippen LogP contribution in [0.1, 0.15) is 18.9 Å². The van der Waals surface area contributed by atoms with Crippen LogP contribution in [0.15, 0.2) is 48.5 Å². The normalized spacial score (nSPS) is 12.3. The minimum absolute atomic E-state index is 0.229. The van der Waals surface area contributed by atoms with Crippen LogP contribution in [-0.4, -0.2) is 33.7 Å². The van der Waals surface area contributed by atoms with Gasteiger partial charge >= 0.3 is 0 Å². The monoisotopic (exact) mass is 410 g/mol. The molecule has 0 aliphatic heterocycles. The third kappa shape index (κ3) is 5.37. The van der Waals surface area contributed by atoms with Gasteiger partial charge in [-0.2, -0.15) is 0 Å². The SMILES string of the molecule is CC[C@H](C(=O)NCc1ccccc1OC)N(c1cccc(Cl)c1)S(C)(=O)=O. The summed E-state index contributed by atoms with van der Waals surface area (Å²) >= 11 is 6.01. The van der Waals surface area contributed by atoms with Crippen molar-refractivity contribution in [3.63, 3.8) is 0 Å². The summed E-state index contributed by atoms with van der Waals surface area (Å²) in [5, 5.41) is 3.20. The van der Waals surface area contributed by atoms with E-state index < -0.39 is 22.0 Å². The number of hydrogen-bond acceptors (Lipinski definition) is 4. The number of nitrogens with one attached hydrogen (secondary N) is 1. The van der Waals surface area contributed by atoms with Gasteiger partial charge in [-0.25, -0.2) is 8.42 Å².